The summed E-state index contributed by atoms with van der Waals surface area (Å²) >= 11 is 0. The van der Waals surface area contributed by atoms with Crippen LogP contribution in [0.1, 0.15) is 84.0 Å². The second-order valence-electron chi connectivity index (χ2n) is 14.8. The number of carbonyl (C=O) groups is 2. The number of fused-ring (bicyclic) bond motifs is 2. The lowest BCUT2D eigenvalue weighted by Crippen LogP contribution is -2.54. The topological polar surface area (TPSA) is 120 Å². The standard InChI is InChI=1S/C37H59N5O4/c1-24(30-11-5-9-26-10-6-12-31(38)36(26)30)8-7-17-39-32-16-15-28(20-34(32)46-4)37(45)42(3)21-25-13-14-27-19-29(23-43)40-35(44)22-41(2)33(27)18-25/h9,24-25,27-29,31-34,39,43H,5-6,10-23,38H2,1-4H3,(H,40,44). The molecule has 1 saturated heterocycles. The second kappa shape index (κ2) is 16.3. The molecule has 5 N–H and O–H groups in total. The molecule has 9 nitrogen and oxygen atoms in total. The van der Waals surface area contributed by atoms with Crippen LogP contribution in [0.15, 0.2) is 22.8 Å². The Morgan fingerprint density at radius 2 is 2.04 bits per heavy atom. The third-order valence-electron chi connectivity index (χ3n) is 11.7. The first kappa shape index (κ1) is 35.1. The van der Waals surface area contributed by atoms with Gasteiger partial charge in [-0.15, -0.1) is 0 Å². The maximum absolute atomic E-state index is 13.6. The first-order valence-corrected chi connectivity index (χ1v) is 18.0. The van der Waals surface area contributed by atoms with Gasteiger partial charge in [-0.1, -0.05) is 23.5 Å². The monoisotopic (exact) mass is 637 g/mol. The minimum Gasteiger partial charge on any atom is -0.394 e. The van der Waals surface area contributed by atoms with Crippen molar-refractivity contribution in [3.63, 3.8) is 0 Å². The van der Waals surface area contributed by atoms with E-state index in [4.69, 9.17) is 10.5 Å². The van der Waals surface area contributed by atoms with Crippen molar-refractivity contribution in [1.82, 2.24) is 20.4 Å². The number of ether oxygens (including phenoxy) is 1. The zero-order valence-electron chi connectivity index (χ0n) is 28.7. The molecule has 2 amide bonds. The molecule has 0 bridgehead atoms. The first-order chi connectivity index (χ1) is 22.2. The van der Waals surface area contributed by atoms with Gasteiger partial charge >= 0.3 is 0 Å². The zero-order valence-corrected chi connectivity index (χ0v) is 28.7. The Hall–Kier alpha value is -2.22. The van der Waals surface area contributed by atoms with E-state index >= 15 is 0 Å². The normalized spacial score (nSPS) is 34.5. The molecule has 0 aromatic carbocycles. The summed E-state index contributed by atoms with van der Waals surface area (Å²) in [6.07, 6.45) is 14.3. The van der Waals surface area contributed by atoms with E-state index in [1.165, 1.54) is 23.1 Å². The second-order valence-corrected chi connectivity index (χ2v) is 14.8. The largest absolute Gasteiger partial charge is 0.394 e. The third kappa shape index (κ3) is 8.43. The number of rotatable bonds is 8. The van der Waals surface area contributed by atoms with Crippen molar-refractivity contribution in [2.45, 2.75) is 114 Å². The molecule has 9 heteroatoms. The average Bonchev–Trinajstić information content (AvgIpc) is 3.05. The summed E-state index contributed by atoms with van der Waals surface area (Å²) in [6, 6.07) is 0.481. The van der Waals surface area contributed by atoms with Crippen molar-refractivity contribution in [3.8, 4) is 11.8 Å². The van der Waals surface area contributed by atoms with Gasteiger partial charge in [0.15, 0.2) is 0 Å². The fraction of sp³-hybridized carbons (Fsp3) is 0.784. The highest BCUT2D eigenvalue weighted by atomic mass is 16.5. The molecule has 256 valence electrons. The summed E-state index contributed by atoms with van der Waals surface area (Å²) < 4.78 is 5.91. The van der Waals surface area contributed by atoms with Crippen LogP contribution in [0.25, 0.3) is 0 Å². The predicted molar refractivity (Wildman–Crippen MR) is 182 cm³/mol. The van der Waals surface area contributed by atoms with Gasteiger partial charge in [0.25, 0.3) is 0 Å². The zero-order chi connectivity index (χ0) is 32.8. The molecule has 4 aliphatic carbocycles. The number of methoxy groups -OCH3 is 1. The maximum Gasteiger partial charge on any atom is 0.234 e. The highest BCUT2D eigenvalue weighted by Crippen LogP contribution is 2.39. The molecular formula is C37H59N5O4. The van der Waals surface area contributed by atoms with Gasteiger partial charge in [-0.2, -0.15) is 0 Å². The van der Waals surface area contributed by atoms with Gasteiger partial charge in [-0.05, 0) is 114 Å². The Kier molecular flexibility index (Phi) is 12.4. The maximum atomic E-state index is 13.6. The van der Waals surface area contributed by atoms with E-state index in [2.05, 4.69) is 40.4 Å². The number of aliphatic hydroxyl groups excluding tert-OH is 1. The summed E-state index contributed by atoms with van der Waals surface area (Å²) in [5.41, 5.74) is 10.8. The Bertz CT molecular complexity index is 1210. The van der Waals surface area contributed by atoms with Gasteiger partial charge in [0.05, 0.1) is 31.8 Å². The van der Waals surface area contributed by atoms with Crippen LogP contribution < -0.4 is 16.4 Å². The Morgan fingerprint density at radius 3 is 2.83 bits per heavy atom. The van der Waals surface area contributed by atoms with Gasteiger partial charge in [-0.3, -0.25) is 14.5 Å². The number of likely N-dealkylation sites (N-methyl/N-ethyl adjacent to an activating group) is 1. The Morgan fingerprint density at radius 1 is 1.22 bits per heavy atom. The van der Waals surface area contributed by atoms with Gasteiger partial charge in [0.2, 0.25) is 11.8 Å². The molecule has 1 aliphatic heterocycles. The molecule has 5 rings (SSSR count). The number of hydrogen-bond donors (Lipinski definition) is 4. The molecule has 46 heavy (non-hydrogen) atoms. The Labute approximate surface area is 277 Å². The van der Waals surface area contributed by atoms with Crippen molar-refractivity contribution >= 4 is 11.8 Å². The fourth-order valence-electron chi connectivity index (χ4n) is 9.22. The SMILES string of the molecule is COC1CC(C(=O)N(C)CC2CCC3CC(CO)NC(=O)CN(C)C3C2)CCC1NCC#CC(C)C1=C2C(=CCC1)CCCC2N. The third-order valence-corrected chi connectivity index (χ3v) is 11.7. The van der Waals surface area contributed by atoms with Crippen molar-refractivity contribution < 1.29 is 19.4 Å². The quantitative estimate of drug-likeness (QED) is 0.302. The predicted octanol–water partition coefficient (Wildman–Crippen LogP) is 2.98. The van der Waals surface area contributed by atoms with Crippen LogP contribution in [0.2, 0.25) is 0 Å². The lowest BCUT2D eigenvalue weighted by atomic mass is 9.74. The van der Waals surface area contributed by atoms with Crippen molar-refractivity contribution in [2.24, 2.45) is 29.4 Å². The average molecular weight is 638 g/mol. The van der Waals surface area contributed by atoms with Crippen LogP contribution in [0, 0.1) is 35.5 Å². The molecule has 5 aliphatic rings. The van der Waals surface area contributed by atoms with Gasteiger partial charge < -0.3 is 31.1 Å². The number of carbonyl (C=O) groups excluding carboxylic acids is 2. The molecule has 1 heterocycles. The Balaban J connectivity index is 1.09. The van der Waals surface area contributed by atoms with E-state index in [1.807, 2.05) is 19.0 Å². The minimum atomic E-state index is -0.162. The van der Waals surface area contributed by atoms with E-state index in [9.17, 15) is 14.7 Å². The van der Waals surface area contributed by atoms with E-state index in [-0.39, 0.29) is 54.5 Å². The van der Waals surface area contributed by atoms with Crippen LogP contribution in [0.4, 0.5) is 0 Å². The number of allylic oxidation sites excluding steroid dienone is 2. The molecule has 9 atom stereocenters. The van der Waals surface area contributed by atoms with Crippen LogP contribution in [-0.2, 0) is 14.3 Å². The fourth-order valence-corrected chi connectivity index (χ4v) is 9.22. The molecule has 3 saturated carbocycles. The van der Waals surface area contributed by atoms with Crippen LogP contribution in [0.3, 0.4) is 0 Å². The minimum absolute atomic E-state index is 0.0142. The smallest absolute Gasteiger partial charge is 0.234 e. The van der Waals surface area contributed by atoms with Gasteiger partial charge in [0, 0.05) is 50.7 Å². The summed E-state index contributed by atoms with van der Waals surface area (Å²) in [5.74, 6) is 8.14. The molecular weight excluding hydrogens is 578 g/mol. The number of nitrogens with zero attached hydrogens (tertiary/aromatic N) is 2. The number of aliphatic hydroxyl groups is 1. The number of hydrogen-bond acceptors (Lipinski definition) is 7. The molecule has 0 spiro atoms. The van der Waals surface area contributed by atoms with Crippen molar-refractivity contribution in [1.29, 1.82) is 0 Å². The number of amides is 2. The number of nitrogens with two attached hydrogens (primary N) is 1. The van der Waals surface area contributed by atoms with Crippen LogP contribution in [0.5, 0.6) is 0 Å². The van der Waals surface area contributed by atoms with Gasteiger partial charge in [0.1, 0.15) is 0 Å². The van der Waals surface area contributed by atoms with E-state index < -0.39 is 0 Å². The lowest BCUT2D eigenvalue weighted by Gasteiger charge is -2.44. The van der Waals surface area contributed by atoms with Crippen molar-refractivity contribution in [3.05, 3.63) is 22.8 Å². The highest BCUT2D eigenvalue weighted by Gasteiger charge is 2.39. The van der Waals surface area contributed by atoms with E-state index in [0.29, 0.717) is 31.0 Å². The number of nitrogens with one attached hydrogen (secondary N) is 2. The molecule has 0 radical (unpaired) electrons. The molecule has 9 unspecified atom stereocenters. The van der Waals surface area contributed by atoms with Crippen LogP contribution >= 0.6 is 0 Å². The summed E-state index contributed by atoms with van der Waals surface area (Å²) in [7, 11) is 5.74. The highest BCUT2D eigenvalue weighted by molar-refractivity contribution is 5.79. The summed E-state index contributed by atoms with van der Waals surface area (Å²) in [5, 5.41) is 16.3. The molecule has 0 aromatic heterocycles. The summed E-state index contributed by atoms with van der Waals surface area (Å²) in [6.45, 7) is 3.92. The lowest BCUT2D eigenvalue weighted by molar-refractivity contribution is -0.138. The molecule has 4 fully saturated rings. The van der Waals surface area contributed by atoms with Gasteiger partial charge in [-0.25, -0.2) is 0 Å². The molecule has 0 aromatic rings. The first-order valence-electron chi connectivity index (χ1n) is 18.0. The van der Waals surface area contributed by atoms with E-state index in [1.54, 1.807) is 7.11 Å². The van der Waals surface area contributed by atoms with Crippen molar-refractivity contribution in [2.75, 3.05) is 47.4 Å². The van der Waals surface area contributed by atoms with Crippen LogP contribution in [-0.4, -0.2) is 104 Å². The summed E-state index contributed by atoms with van der Waals surface area (Å²) in [4.78, 5) is 30.1. The van der Waals surface area contributed by atoms with E-state index in [0.717, 1.165) is 77.2 Å².